The van der Waals surface area contributed by atoms with Gasteiger partial charge in [-0.1, -0.05) is 22.7 Å². The van der Waals surface area contributed by atoms with Crippen molar-refractivity contribution in [3.63, 3.8) is 0 Å². The van der Waals surface area contributed by atoms with E-state index in [-0.39, 0.29) is 11.4 Å². The minimum absolute atomic E-state index is 0.00247. The van der Waals surface area contributed by atoms with Gasteiger partial charge < -0.3 is 4.57 Å². The van der Waals surface area contributed by atoms with Gasteiger partial charge in [-0.25, -0.2) is 9.97 Å². The van der Waals surface area contributed by atoms with Gasteiger partial charge in [0.15, 0.2) is 0 Å². The summed E-state index contributed by atoms with van der Waals surface area (Å²) in [5.74, 6) is 0. The molecule has 3 aromatic heterocycles. The van der Waals surface area contributed by atoms with Crippen molar-refractivity contribution in [3.8, 4) is 0 Å². The Balaban J connectivity index is 1.22. The van der Waals surface area contributed by atoms with Crippen molar-refractivity contribution in [2.75, 3.05) is 0 Å². The fourth-order valence-corrected chi connectivity index (χ4v) is 6.50. The average Bonchev–Trinajstić information content (AvgIpc) is 3.70. The monoisotopic (exact) mass is 607 g/mol. The number of nitro benzene ring substituents is 2. The third-order valence-corrected chi connectivity index (χ3v) is 8.60. The zero-order valence-corrected chi connectivity index (χ0v) is 23.7. The Hall–Kier alpha value is -5.54. The molecule has 0 fully saturated rings. The lowest BCUT2D eigenvalue weighted by Gasteiger charge is -2.02. The number of thiazole rings is 2. The minimum atomic E-state index is -0.439. The highest BCUT2D eigenvalue weighted by molar-refractivity contribution is 7.22. The van der Waals surface area contributed by atoms with Crippen LogP contribution in [0.25, 0.3) is 42.2 Å². The Bertz CT molecular complexity index is 2160. The first-order valence-electron chi connectivity index (χ1n) is 12.9. The quantitative estimate of drug-likeness (QED) is 0.0992. The Morgan fingerprint density at radius 2 is 1.14 bits per heavy atom. The maximum Gasteiger partial charge on any atom is 0.270 e. The average molecular weight is 608 g/mol. The van der Waals surface area contributed by atoms with Gasteiger partial charge >= 0.3 is 0 Å². The molecule has 0 atom stereocenters. The van der Waals surface area contributed by atoms with Crippen molar-refractivity contribution in [3.05, 3.63) is 93.0 Å². The van der Waals surface area contributed by atoms with E-state index in [1.54, 1.807) is 12.1 Å². The Labute approximate surface area is 248 Å². The molecule has 0 saturated heterocycles. The molecule has 0 spiro atoms. The van der Waals surface area contributed by atoms with E-state index < -0.39 is 9.85 Å². The number of fused-ring (bicyclic) bond motifs is 5. The molecule has 3 heterocycles. The van der Waals surface area contributed by atoms with E-state index in [1.165, 1.54) is 46.9 Å². The summed E-state index contributed by atoms with van der Waals surface area (Å²) in [4.78, 5) is 30.1. The van der Waals surface area contributed by atoms with Crippen LogP contribution in [0.15, 0.2) is 93.3 Å². The van der Waals surface area contributed by atoms with Crippen molar-refractivity contribution in [1.82, 2.24) is 14.5 Å². The molecule has 13 nitrogen and oxygen atoms in total. The Kier molecular flexibility index (Phi) is 6.36. The van der Waals surface area contributed by atoms with Gasteiger partial charge in [0.2, 0.25) is 10.3 Å². The van der Waals surface area contributed by atoms with Gasteiger partial charge in [0, 0.05) is 52.6 Å². The van der Waals surface area contributed by atoms with Crippen molar-refractivity contribution in [2.24, 2.45) is 20.5 Å². The molecule has 0 radical (unpaired) electrons. The number of hydrogen-bond acceptors (Lipinski definition) is 12. The molecule has 7 rings (SSSR count). The van der Waals surface area contributed by atoms with E-state index in [4.69, 9.17) is 0 Å². The normalized spacial score (nSPS) is 12.1. The summed E-state index contributed by atoms with van der Waals surface area (Å²) in [5.41, 5.74) is 4.58. The number of azo groups is 2. The number of nitrogens with zero attached hydrogens (tertiary/aromatic N) is 9. The number of aryl methyl sites for hydroxylation is 1. The second-order valence-corrected chi connectivity index (χ2v) is 11.4. The van der Waals surface area contributed by atoms with Crippen LogP contribution in [0.3, 0.4) is 0 Å². The summed E-state index contributed by atoms with van der Waals surface area (Å²) in [6.45, 7) is 2.84. The molecule has 0 aliphatic heterocycles. The van der Waals surface area contributed by atoms with Crippen LogP contribution in [0.2, 0.25) is 0 Å². The highest BCUT2D eigenvalue weighted by Crippen LogP contribution is 2.37. The molecule has 210 valence electrons. The standard InChI is InChI=1S/C28H17N9O4S2/c1-2-35-23-9-3-15(31-33-27-29-21-7-5-17(36(38)39)13-25(21)42-27)11-19(23)20-12-16(4-10-24(20)35)32-34-28-30-22-8-6-18(37(40)41)14-26(22)43-28/h3-14H,2H2,1H3. The predicted octanol–water partition coefficient (Wildman–Crippen LogP) is 9.68. The molecule has 15 heteroatoms. The molecule has 0 N–H and O–H groups in total. The van der Waals surface area contributed by atoms with Gasteiger partial charge in [-0.3, -0.25) is 20.2 Å². The first-order chi connectivity index (χ1) is 20.9. The SMILES string of the molecule is CCn1c2ccc(N=Nc3nc4ccc([N+](=O)[O-])cc4s3)cc2c2cc(N=Nc3nc4ccc([N+](=O)[O-])cc4s3)ccc21. The van der Waals surface area contributed by atoms with Gasteiger partial charge in [0.25, 0.3) is 11.4 Å². The molecule has 0 unspecified atom stereocenters. The summed E-state index contributed by atoms with van der Waals surface area (Å²) >= 11 is 2.47. The van der Waals surface area contributed by atoms with Crippen LogP contribution in [0.4, 0.5) is 33.0 Å². The highest BCUT2D eigenvalue weighted by atomic mass is 32.1. The maximum absolute atomic E-state index is 11.1. The summed E-state index contributed by atoms with van der Waals surface area (Å²) < 4.78 is 3.53. The summed E-state index contributed by atoms with van der Waals surface area (Å²) in [6, 6.07) is 20.7. The van der Waals surface area contributed by atoms with Crippen LogP contribution < -0.4 is 0 Å². The van der Waals surface area contributed by atoms with E-state index in [0.29, 0.717) is 42.1 Å². The van der Waals surface area contributed by atoms with Crippen LogP contribution in [0.5, 0.6) is 0 Å². The van der Waals surface area contributed by atoms with Gasteiger partial charge in [-0.2, -0.15) is 0 Å². The lowest BCUT2D eigenvalue weighted by Crippen LogP contribution is -1.92. The largest absolute Gasteiger partial charge is 0.341 e. The zero-order valence-electron chi connectivity index (χ0n) is 22.1. The number of benzene rings is 4. The van der Waals surface area contributed by atoms with E-state index in [0.717, 1.165) is 28.4 Å². The van der Waals surface area contributed by atoms with E-state index in [1.807, 2.05) is 36.4 Å². The smallest absolute Gasteiger partial charge is 0.270 e. The van der Waals surface area contributed by atoms with Gasteiger partial charge in [0.05, 0.1) is 41.7 Å². The molecule has 7 aromatic rings. The number of nitro groups is 2. The lowest BCUT2D eigenvalue weighted by molar-refractivity contribution is -0.384. The van der Waals surface area contributed by atoms with E-state index in [9.17, 15) is 20.2 Å². The van der Waals surface area contributed by atoms with Crippen molar-refractivity contribution < 1.29 is 9.85 Å². The van der Waals surface area contributed by atoms with Crippen molar-refractivity contribution >= 4 is 97.9 Å². The van der Waals surface area contributed by atoms with E-state index in [2.05, 4.69) is 41.9 Å². The summed E-state index contributed by atoms with van der Waals surface area (Å²) in [7, 11) is 0. The third kappa shape index (κ3) is 4.85. The highest BCUT2D eigenvalue weighted by Gasteiger charge is 2.14. The molecule has 0 amide bonds. The topological polar surface area (TPSA) is 166 Å². The zero-order chi connectivity index (χ0) is 29.7. The lowest BCUT2D eigenvalue weighted by atomic mass is 10.1. The summed E-state index contributed by atoms with van der Waals surface area (Å²) in [5, 5.41) is 42.3. The molecule has 0 bridgehead atoms. The van der Waals surface area contributed by atoms with Gasteiger partial charge in [-0.05, 0) is 55.5 Å². The number of rotatable bonds is 7. The summed E-state index contributed by atoms with van der Waals surface area (Å²) in [6.07, 6.45) is 0. The van der Waals surface area contributed by atoms with Crippen LogP contribution in [0.1, 0.15) is 6.92 Å². The molecule has 0 saturated carbocycles. The van der Waals surface area contributed by atoms with Crippen LogP contribution in [-0.4, -0.2) is 24.4 Å². The van der Waals surface area contributed by atoms with E-state index >= 15 is 0 Å². The third-order valence-electron chi connectivity index (χ3n) is 6.79. The molecular formula is C28H17N9O4S2. The minimum Gasteiger partial charge on any atom is -0.341 e. The van der Waals surface area contributed by atoms with Crippen LogP contribution in [-0.2, 0) is 6.54 Å². The fraction of sp³-hybridized carbons (Fsp3) is 0.0714. The number of aromatic nitrogens is 3. The Morgan fingerprint density at radius 3 is 1.56 bits per heavy atom. The molecule has 0 aliphatic carbocycles. The fourth-order valence-electron chi connectivity index (χ4n) is 4.86. The number of hydrogen-bond donors (Lipinski definition) is 0. The maximum atomic E-state index is 11.1. The molecule has 4 aromatic carbocycles. The van der Waals surface area contributed by atoms with Crippen molar-refractivity contribution in [2.45, 2.75) is 13.5 Å². The van der Waals surface area contributed by atoms with Gasteiger partial charge in [0.1, 0.15) is 0 Å². The molecule has 43 heavy (non-hydrogen) atoms. The van der Waals surface area contributed by atoms with Crippen LogP contribution >= 0.6 is 22.7 Å². The Morgan fingerprint density at radius 1 is 0.674 bits per heavy atom. The predicted molar refractivity (Wildman–Crippen MR) is 166 cm³/mol. The molecule has 0 aliphatic rings. The first kappa shape index (κ1) is 26.4. The number of non-ortho nitro benzene ring substituents is 2. The second kappa shape index (κ2) is 10.4. The second-order valence-electron chi connectivity index (χ2n) is 9.36. The van der Waals surface area contributed by atoms with Crippen molar-refractivity contribution in [1.29, 1.82) is 0 Å². The van der Waals surface area contributed by atoms with Gasteiger partial charge in [-0.15, -0.1) is 20.5 Å². The van der Waals surface area contributed by atoms with Crippen LogP contribution in [0, 0.1) is 20.2 Å². The first-order valence-corrected chi connectivity index (χ1v) is 14.5. The molecular weight excluding hydrogens is 591 g/mol.